The Bertz CT molecular complexity index is 376. The number of aromatic nitrogens is 2. The summed E-state index contributed by atoms with van der Waals surface area (Å²) in [6.07, 6.45) is 3.19. The molecule has 0 aliphatic rings. The number of rotatable bonds is 6. The lowest BCUT2D eigenvalue weighted by molar-refractivity contribution is -0.122. The van der Waals surface area contributed by atoms with E-state index in [1.165, 1.54) is 6.20 Å². The van der Waals surface area contributed by atoms with E-state index in [1.54, 1.807) is 10.9 Å². The molecule has 1 heterocycles. The van der Waals surface area contributed by atoms with Gasteiger partial charge in [-0.15, -0.1) is 0 Å². The van der Waals surface area contributed by atoms with Crippen molar-refractivity contribution in [2.75, 3.05) is 12.3 Å². The Kier molecular flexibility index (Phi) is 5.19. The van der Waals surface area contributed by atoms with Gasteiger partial charge in [-0.05, 0) is 17.8 Å². The standard InChI is InChI=1S/C13H24N4O/c1-9(2)12(10(3)4)6-15-13(18)8-17-7-11(14)5-16-17/h5,7,9-10,12H,6,8,14H2,1-4H3,(H,15,18). The van der Waals surface area contributed by atoms with Gasteiger partial charge >= 0.3 is 0 Å². The molecular formula is C13H24N4O. The summed E-state index contributed by atoms with van der Waals surface area (Å²) in [4.78, 5) is 11.8. The molecule has 5 heteroatoms. The maximum absolute atomic E-state index is 11.8. The first-order chi connectivity index (χ1) is 8.40. The van der Waals surface area contributed by atoms with E-state index in [9.17, 15) is 4.79 Å². The summed E-state index contributed by atoms with van der Waals surface area (Å²) in [5.41, 5.74) is 6.12. The number of hydrogen-bond acceptors (Lipinski definition) is 3. The molecule has 0 bridgehead atoms. The molecule has 18 heavy (non-hydrogen) atoms. The quantitative estimate of drug-likeness (QED) is 0.806. The molecule has 1 aromatic rings. The molecule has 0 saturated carbocycles. The molecule has 0 radical (unpaired) electrons. The lowest BCUT2D eigenvalue weighted by Gasteiger charge is -2.25. The molecule has 0 saturated heterocycles. The van der Waals surface area contributed by atoms with Gasteiger partial charge in [0.05, 0.1) is 11.9 Å². The van der Waals surface area contributed by atoms with E-state index in [0.29, 0.717) is 30.0 Å². The monoisotopic (exact) mass is 252 g/mol. The zero-order valence-corrected chi connectivity index (χ0v) is 11.7. The molecule has 0 spiro atoms. The van der Waals surface area contributed by atoms with Gasteiger partial charge in [0.1, 0.15) is 6.54 Å². The Hall–Kier alpha value is -1.52. The van der Waals surface area contributed by atoms with Crippen LogP contribution in [0.4, 0.5) is 5.69 Å². The van der Waals surface area contributed by atoms with Crippen LogP contribution in [-0.2, 0) is 11.3 Å². The van der Waals surface area contributed by atoms with Crippen LogP contribution in [0.2, 0.25) is 0 Å². The molecule has 5 nitrogen and oxygen atoms in total. The van der Waals surface area contributed by atoms with Crippen molar-refractivity contribution in [3.8, 4) is 0 Å². The van der Waals surface area contributed by atoms with E-state index in [2.05, 4.69) is 38.1 Å². The Balaban J connectivity index is 2.41. The van der Waals surface area contributed by atoms with E-state index in [-0.39, 0.29) is 12.5 Å². The zero-order valence-electron chi connectivity index (χ0n) is 11.7. The number of nitrogens with one attached hydrogen (secondary N) is 1. The summed E-state index contributed by atoms with van der Waals surface area (Å²) in [5.74, 6) is 1.59. The summed E-state index contributed by atoms with van der Waals surface area (Å²) in [6, 6.07) is 0. The van der Waals surface area contributed by atoms with Gasteiger partial charge in [0.15, 0.2) is 0 Å². The maximum Gasteiger partial charge on any atom is 0.241 e. The Labute approximate surface area is 109 Å². The molecule has 1 amide bonds. The second-order valence-corrected chi connectivity index (χ2v) is 5.43. The molecular weight excluding hydrogens is 228 g/mol. The van der Waals surface area contributed by atoms with Crippen molar-refractivity contribution in [2.24, 2.45) is 17.8 Å². The predicted octanol–water partition coefficient (Wildman–Crippen LogP) is 1.51. The molecule has 1 aromatic heterocycles. The maximum atomic E-state index is 11.8. The lowest BCUT2D eigenvalue weighted by atomic mass is 9.85. The van der Waals surface area contributed by atoms with Crippen LogP contribution in [0.5, 0.6) is 0 Å². The molecule has 0 aliphatic heterocycles. The zero-order chi connectivity index (χ0) is 13.7. The van der Waals surface area contributed by atoms with Crippen LogP contribution < -0.4 is 11.1 Å². The van der Waals surface area contributed by atoms with Gasteiger partial charge < -0.3 is 11.1 Å². The molecule has 0 unspecified atom stereocenters. The number of nitrogen functional groups attached to an aromatic ring is 1. The number of carbonyl (C=O) groups excluding carboxylic acids is 1. The highest BCUT2D eigenvalue weighted by Gasteiger charge is 2.18. The van der Waals surface area contributed by atoms with E-state index in [4.69, 9.17) is 5.73 Å². The van der Waals surface area contributed by atoms with Crippen molar-refractivity contribution >= 4 is 11.6 Å². The average Bonchev–Trinajstić information content (AvgIpc) is 2.62. The summed E-state index contributed by atoms with van der Waals surface area (Å²) in [5, 5.41) is 6.95. The number of hydrogen-bond donors (Lipinski definition) is 2. The van der Waals surface area contributed by atoms with Crippen LogP contribution in [0.3, 0.4) is 0 Å². The van der Waals surface area contributed by atoms with Crippen molar-refractivity contribution in [3.05, 3.63) is 12.4 Å². The molecule has 0 aliphatic carbocycles. The molecule has 3 N–H and O–H groups in total. The molecule has 102 valence electrons. The highest BCUT2D eigenvalue weighted by molar-refractivity contribution is 5.75. The third kappa shape index (κ3) is 4.39. The van der Waals surface area contributed by atoms with E-state index >= 15 is 0 Å². The van der Waals surface area contributed by atoms with Gasteiger partial charge in [-0.3, -0.25) is 9.48 Å². The summed E-state index contributed by atoms with van der Waals surface area (Å²) >= 11 is 0. The SMILES string of the molecule is CC(C)C(CNC(=O)Cn1cc(N)cn1)C(C)C. The number of nitrogens with two attached hydrogens (primary N) is 1. The van der Waals surface area contributed by atoms with Crippen LogP contribution in [-0.4, -0.2) is 22.2 Å². The first-order valence-electron chi connectivity index (χ1n) is 6.44. The third-order valence-corrected chi connectivity index (χ3v) is 3.21. The fourth-order valence-electron chi connectivity index (χ4n) is 2.14. The van der Waals surface area contributed by atoms with E-state index < -0.39 is 0 Å². The van der Waals surface area contributed by atoms with Crippen LogP contribution in [0, 0.1) is 17.8 Å². The Morgan fingerprint density at radius 2 is 2.00 bits per heavy atom. The highest BCUT2D eigenvalue weighted by atomic mass is 16.2. The predicted molar refractivity (Wildman–Crippen MR) is 72.8 cm³/mol. The van der Waals surface area contributed by atoms with Gasteiger partial charge in [0, 0.05) is 12.7 Å². The normalized spacial score (nSPS) is 11.5. The summed E-state index contributed by atoms with van der Waals surface area (Å²) in [6.45, 7) is 9.68. The molecule has 0 fully saturated rings. The summed E-state index contributed by atoms with van der Waals surface area (Å²) < 4.78 is 1.55. The van der Waals surface area contributed by atoms with Crippen molar-refractivity contribution < 1.29 is 4.79 Å². The van der Waals surface area contributed by atoms with Crippen molar-refractivity contribution in [2.45, 2.75) is 34.2 Å². The third-order valence-electron chi connectivity index (χ3n) is 3.21. The Morgan fingerprint density at radius 1 is 1.39 bits per heavy atom. The Morgan fingerprint density at radius 3 is 2.44 bits per heavy atom. The topological polar surface area (TPSA) is 72.9 Å². The smallest absolute Gasteiger partial charge is 0.241 e. The van der Waals surface area contributed by atoms with Crippen LogP contribution in [0.1, 0.15) is 27.7 Å². The van der Waals surface area contributed by atoms with Gasteiger partial charge in [-0.1, -0.05) is 27.7 Å². The average molecular weight is 252 g/mol. The number of nitrogens with zero attached hydrogens (tertiary/aromatic N) is 2. The van der Waals surface area contributed by atoms with E-state index in [1.807, 2.05) is 0 Å². The summed E-state index contributed by atoms with van der Waals surface area (Å²) in [7, 11) is 0. The largest absolute Gasteiger partial charge is 0.396 e. The van der Waals surface area contributed by atoms with Crippen molar-refractivity contribution in [1.82, 2.24) is 15.1 Å². The van der Waals surface area contributed by atoms with Gasteiger partial charge in [0.2, 0.25) is 5.91 Å². The van der Waals surface area contributed by atoms with Gasteiger partial charge in [-0.2, -0.15) is 5.10 Å². The fraction of sp³-hybridized carbons (Fsp3) is 0.692. The van der Waals surface area contributed by atoms with Crippen LogP contribution >= 0.6 is 0 Å². The van der Waals surface area contributed by atoms with Crippen molar-refractivity contribution in [3.63, 3.8) is 0 Å². The minimum atomic E-state index is -0.0237. The fourth-order valence-corrected chi connectivity index (χ4v) is 2.14. The molecule has 1 rings (SSSR count). The first-order valence-corrected chi connectivity index (χ1v) is 6.44. The number of amides is 1. The van der Waals surface area contributed by atoms with Crippen LogP contribution in [0.25, 0.3) is 0 Å². The molecule has 0 atom stereocenters. The number of carbonyl (C=O) groups is 1. The second-order valence-electron chi connectivity index (χ2n) is 5.43. The minimum absolute atomic E-state index is 0.0237. The van der Waals surface area contributed by atoms with Gasteiger partial charge in [0.25, 0.3) is 0 Å². The first kappa shape index (κ1) is 14.5. The highest BCUT2D eigenvalue weighted by Crippen LogP contribution is 2.19. The van der Waals surface area contributed by atoms with Crippen LogP contribution in [0.15, 0.2) is 12.4 Å². The van der Waals surface area contributed by atoms with Crippen molar-refractivity contribution in [1.29, 1.82) is 0 Å². The van der Waals surface area contributed by atoms with E-state index in [0.717, 1.165) is 0 Å². The lowest BCUT2D eigenvalue weighted by Crippen LogP contribution is -2.35. The molecule has 0 aromatic carbocycles. The minimum Gasteiger partial charge on any atom is -0.396 e. The second kappa shape index (κ2) is 6.42. The van der Waals surface area contributed by atoms with Gasteiger partial charge in [-0.25, -0.2) is 0 Å². The number of anilines is 1.